The molecule has 0 spiro atoms. The molecule has 1 atom stereocenters. The Morgan fingerprint density at radius 1 is 1.17 bits per heavy atom. The summed E-state index contributed by atoms with van der Waals surface area (Å²) in [6.45, 7) is 2.02. The Bertz CT molecular complexity index is 1040. The smallest absolute Gasteiger partial charge is 0.227 e. The molecule has 0 radical (unpaired) electrons. The predicted molar refractivity (Wildman–Crippen MR) is 109 cm³/mol. The summed E-state index contributed by atoms with van der Waals surface area (Å²) in [5.74, 6) is -1.36. The highest BCUT2D eigenvalue weighted by molar-refractivity contribution is 6.02. The first-order valence-corrected chi connectivity index (χ1v) is 9.92. The molecule has 1 saturated carbocycles. The number of amides is 1. The number of aromatic amines is 1. The largest absolute Gasteiger partial charge is 0.339 e. The number of nitrogens with two attached hydrogens (primary N) is 1. The van der Waals surface area contributed by atoms with E-state index in [1.807, 2.05) is 6.92 Å². The molecule has 7 heteroatoms. The van der Waals surface area contributed by atoms with Gasteiger partial charge in [0.15, 0.2) is 11.6 Å². The van der Waals surface area contributed by atoms with Crippen LogP contribution in [0.2, 0.25) is 0 Å². The summed E-state index contributed by atoms with van der Waals surface area (Å²) in [6.07, 6.45) is 5.20. The Morgan fingerprint density at radius 2 is 1.93 bits per heavy atom. The SMILES string of the molecule is CC(N)C1CCC(C(=O)Nc2ccnc3[nH]c(-c4ccc(F)c(F)c4)cc23)CC1. The maximum atomic E-state index is 13.6. The molecular formula is C22H24F2N4O. The zero-order chi connectivity index (χ0) is 20.5. The Balaban J connectivity index is 1.54. The van der Waals surface area contributed by atoms with Crippen molar-refractivity contribution in [2.24, 2.45) is 17.6 Å². The van der Waals surface area contributed by atoms with Gasteiger partial charge in [-0.3, -0.25) is 4.79 Å². The van der Waals surface area contributed by atoms with Crippen LogP contribution in [0.3, 0.4) is 0 Å². The maximum absolute atomic E-state index is 13.6. The van der Waals surface area contributed by atoms with Crippen molar-refractivity contribution in [1.82, 2.24) is 9.97 Å². The van der Waals surface area contributed by atoms with Crippen molar-refractivity contribution >= 4 is 22.6 Å². The van der Waals surface area contributed by atoms with Gasteiger partial charge in [-0.1, -0.05) is 0 Å². The molecule has 0 saturated heterocycles. The summed E-state index contributed by atoms with van der Waals surface area (Å²) in [5.41, 5.74) is 8.32. The van der Waals surface area contributed by atoms with Crippen LogP contribution in [-0.4, -0.2) is 21.9 Å². The van der Waals surface area contributed by atoms with E-state index in [9.17, 15) is 13.6 Å². The molecule has 29 heavy (non-hydrogen) atoms. The number of aromatic nitrogens is 2. The highest BCUT2D eigenvalue weighted by Gasteiger charge is 2.28. The van der Waals surface area contributed by atoms with E-state index >= 15 is 0 Å². The van der Waals surface area contributed by atoms with Gasteiger partial charge < -0.3 is 16.0 Å². The number of pyridine rings is 1. The van der Waals surface area contributed by atoms with E-state index < -0.39 is 11.6 Å². The Morgan fingerprint density at radius 3 is 2.62 bits per heavy atom. The topological polar surface area (TPSA) is 83.8 Å². The first-order valence-electron chi connectivity index (χ1n) is 9.92. The number of hydrogen-bond acceptors (Lipinski definition) is 3. The lowest BCUT2D eigenvalue weighted by Gasteiger charge is -2.30. The zero-order valence-corrected chi connectivity index (χ0v) is 16.2. The minimum absolute atomic E-state index is 0.00352. The number of carbonyl (C=O) groups excluding carboxylic acids is 1. The minimum atomic E-state index is -0.912. The van der Waals surface area contributed by atoms with E-state index in [1.54, 1.807) is 18.3 Å². The fourth-order valence-corrected chi connectivity index (χ4v) is 4.10. The quantitative estimate of drug-likeness (QED) is 0.601. The molecule has 1 unspecified atom stereocenters. The van der Waals surface area contributed by atoms with Gasteiger partial charge >= 0.3 is 0 Å². The second kappa shape index (κ2) is 7.91. The van der Waals surface area contributed by atoms with E-state index in [0.29, 0.717) is 28.5 Å². The summed E-state index contributed by atoms with van der Waals surface area (Å²) in [6, 6.07) is 7.42. The molecule has 2 heterocycles. The first-order chi connectivity index (χ1) is 13.9. The normalized spacial score (nSPS) is 20.6. The lowest BCUT2D eigenvalue weighted by Crippen LogP contribution is -2.33. The third-order valence-electron chi connectivity index (χ3n) is 5.91. The van der Waals surface area contributed by atoms with Gasteiger partial charge in [-0.2, -0.15) is 0 Å². The van der Waals surface area contributed by atoms with Crippen molar-refractivity contribution in [3.63, 3.8) is 0 Å². The molecule has 1 aromatic carbocycles. The molecule has 1 amide bonds. The van der Waals surface area contributed by atoms with E-state index in [4.69, 9.17) is 5.73 Å². The monoisotopic (exact) mass is 398 g/mol. The number of anilines is 1. The van der Waals surface area contributed by atoms with Crippen LogP contribution in [-0.2, 0) is 4.79 Å². The third-order valence-corrected chi connectivity index (χ3v) is 5.91. The predicted octanol–water partition coefficient (Wildman–Crippen LogP) is 4.60. The van der Waals surface area contributed by atoms with Gasteiger partial charge in [-0.15, -0.1) is 0 Å². The van der Waals surface area contributed by atoms with Crippen LogP contribution in [0.4, 0.5) is 14.5 Å². The van der Waals surface area contributed by atoms with Crippen LogP contribution in [0.15, 0.2) is 36.5 Å². The zero-order valence-electron chi connectivity index (χ0n) is 16.2. The molecule has 1 aliphatic carbocycles. The standard InChI is InChI=1S/C22H24F2N4O/c1-12(25)13-2-4-14(5-3-13)22(29)28-19-8-9-26-21-16(19)11-20(27-21)15-6-7-17(23)18(24)10-15/h6-14H,2-5,25H2,1H3,(H2,26,27,28,29). The van der Waals surface area contributed by atoms with Crippen molar-refractivity contribution < 1.29 is 13.6 Å². The number of hydrogen-bond donors (Lipinski definition) is 3. The van der Waals surface area contributed by atoms with Crippen molar-refractivity contribution in [3.05, 3.63) is 48.2 Å². The van der Waals surface area contributed by atoms with Gasteiger partial charge in [0.2, 0.25) is 5.91 Å². The van der Waals surface area contributed by atoms with Crippen LogP contribution >= 0.6 is 0 Å². The summed E-state index contributed by atoms with van der Waals surface area (Å²) in [5, 5.41) is 3.75. The van der Waals surface area contributed by atoms with Crippen molar-refractivity contribution in [2.75, 3.05) is 5.32 Å². The van der Waals surface area contributed by atoms with Gasteiger partial charge in [-0.05, 0) is 68.9 Å². The molecular weight excluding hydrogens is 374 g/mol. The summed E-state index contributed by atoms with van der Waals surface area (Å²) in [7, 11) is 0. The van der Waals surface area contributed by atoms with Crippen LogP contribution in [0, 0.1) is 23.5 Å². The Hall–Kier alpha value is -2.80. The highest BCUT2D eigenvalue weighted by atomic mass is 19.2. The molecule has 4 rings (SSSR count). The fourth-order valence-electron chi connectivity index (χ4n) is 4.10. The van der Waals surface area contributed by atoms with Gasteiger partial charge in [-0.25, -0.2) is 13.8 Å². The summed E-state index contributed by atoms with van der Waals surface area (Å²) < 4.78 is 26.8. The van der Waals surface area contributed by atoms with Crippen molar-refractivity contribution in [2.45, 2.75) is 38.6 Å². The molecule has 152 valence electrons. The van der Waals surface area contributed by atoms with E-state index in [2.05, 4.69) is 15.3 Å². The van der Waals surface area contributed by atoms with Gasteiger partial charge in [0.05, 0.1) is 5.69 Å². The molecule has 5 nitrogen and oxygen atoms in total. The molecule has 3 aromatic rings. The maximum Gasteiger partial charge on any atom is 0.227 e. The Labute approximate surface area is 167 Å². The second-order valence-electron chi connectivity index (χ2n) is 7.89. The van der Waals surface area contributed by atoms with Crippen LogP contribution in [0.25, 0.3) is 22.3 Å². The summed E-state index contributed by atoms with van der Waals surface area (Å²) in [4.78, 5) is 20.2. The van der Waals surface area contributed by atoms with Crippen LogP contribution in [0.1, 0.15) is 32.6 Å². The summed E-state index contributed by atoms with van der Waals surface area (Å²) >= 11 is 0. The number of H-pyrrole nitrogens is 1. The molecule has 0 bridgehead atoms. The van der Waals surface area contributed by atoms with Crippen LogP contribution < -0.4 is 11.1 Å². The lowest BCUT2D eigenvalue weighted by molar-refractivity contribution is -0.121. The first kappa shape index (κ1) is 19.5. The highest BCUT2D eigenvalue weighted by Crippen LogP contribution is 2.33. The molecule has 0 aliphatic heterocycles. The number of fused-ring (bicyclic) bond motifs is 1. The minimum Gasteiger partial charge on any atom is -0.339 e. The second-order valence-corrected chi connectivity index (χ2v) is 7.89. The van der Waals surface area contributed by atoms with Gasteiger partial charge in [0.1, 0.15) is 5.65 Å². The number of carbonyl (C=O) groups is 1. The number of nitrogens with one attached hydrogen (secondary N) is 2. The van der Waals surface area contributed by atoms with E-state index in [-0.39, 0.29) is 17.9 Å². The lowest BCUT2D eigenvalue weighted by atomic mass is 9.79. The third kappa shape index (κ3) is 4.00. The van der Waals surface area contributed by atoms with E-state index in [1.165, 1.54) is 6.07 Å². The number of nitrogens with zero attached hydrogens (tertiary/aromatic N) is 1. The average Bonchev–Trinajstić information content (AvgIpc) is 3.15. The number of halogens is 2. The fraction of sp³-hybridized carbons (Fsp3) is 0.364. The molecule has 4 N–H and O–H groups in total. The number of rotatable bonds is 4. The van der Waals surface area contributed by atoms with Gasteiger partial charge in [0, 0.05) is 34.8 Å². The van der Waals surface area contributed by atoms with Gasteiger partial charge in [0.25, 0.3) is 0 Å². The average molecular weight is 398 g/mol. The van der Waals surface area contributed by atoms with Crippen LogP contribution in [0.5, 0.6) is 0 Å². The molecule has 1 aliphatic rings. The van der Waals surface area contributed by atoms with E-state index in [0.717, 1.165) is 43.2 Å². The van der Waals surface area contributed by atoms with Crippen molar-refractivity contribution in [1.29, 1.82) is 0 Å². The number of benzene rings is 1. The molecule has 1 fully saturated rings. The van der Waals surface area contributed by atoms with Crippen molar-refractivity contribution in [3.8, 4) is 11.3 Å². The Kier molecular flexibility index (Phi) is 5.32. The molecule has 2 aromatic heterocycles.